The third kappa shape index (κ3) is 6.54. The van der Waals surface area contributed by atoms with E-state index < -0.39 is 11.6 Å². The maximum atomic E-state index is 14.1. The number of hydrogen-bond donors (Lipinski definition) is 1. The number of para-hydroxylation sites is 1. The number of benzene rings is 3. The second-order valence-corrected chi connectivity index (χ2v) is 10.5. The van der Waals surface area contributed by atoms with Crippen LogP contribution in [0, 0.1) is 6.92 Å². The van der Waals surface area contributed by atoms with Crippen molar-refractivity contribution in [3.05, 3.63) is 83.4 Å². The molecule has 0 aliphatic carbocycles. The van der Waals surface area contributed by atoms with Gasteiger partial charge in [-0.3, -0.25) is 9.59 Å². The zero-order chi connectivity index (χ0) is 28.2. The fourth-order valence-electron chi connectivity index (χ4n) is 4.41. The quantitative estimate of drug-likeness (QED) is 0.344. The first-order valence-corrected chi connectivity index (χ1v) is 12.8. The van der Waals surface area contributed by atoms with Gasteiger partial charge in [0.1, 0.15) is 29.6 Å². The Bertz CT molecular complexity index is 1460. The van der Waals surface area contributed by atoms with Crippen molar-refractivity contribution in [1.82, 2.24) is 25.2 Å². The van der Waals surface area contributed by atoms with Crippen LogP contribution in [0.4, 0.5) is 0 Å². The number of aryl methyl sites for hydroxylation is 1. The normalized spacial score (nSPS) is 12.2. The third-order valence-electron chi connectivity index (χ3n) is 6.29. The lowest BCUT2D eigenvalue weighted by molar-refractivity contribution is -0.142. The van der Waals surface area contributed by atoms with E-state index >= 15 is 0 Å². The maximum Gasteiger partial charge on any atom is 0.248 e. The van der Waals surface area contributed by atoms with Crippen LogP contribution in [0.1, 0.15) is 43.5 Å². The van der Waals surface area contributed by atoms with Crippen molar-refractivity contribution in [3.8, 4) is 11.5 Å². The van der Waals surface area contributed by atoms with E-state index in [0.29, 0.717) is 22.6 Å². The molecule has 0 radical (unpaired) electrons. The summed E-state index contributed by atoms with van der Waals surface area (Å²) in [6.45, 7) is 7.80. The van der Waals surface area contributed by atoms with Crippen LogP contribution in [0.25, 0.3) is 11.0 Å². The van der Waals surface area contributed by atoms with E-state index in [1.54, 1.807) is 34.9 Å². The molecule has 0 aliphatic rings. The van der Waals surface area contributed by atoms with Gasteiger partial charge >= 0.3 is 0 Å². The number of amides is 2. The first kappa shape index (κ1) is 27.6. The van der Waals surface area contributed by atoms with Gasteiger partial charge in [0.25, 0.3) is 0 Å². The summed E-state index contributed by atoms with van der Waals surface area (Å²) in [5, 5.41) is 11.5. The molecule has 0 aliphatic heterocycles. The lowest BCUT2D eigenvalue weighted by atomic mass is 9.99. The molecule has 0 bridgehead atoms. The summed E-state index contributed by atoms with van der Waals surface area (Å²) in [5.41, 5.74) is 3.38. The number of fused-ring (bicyclic) bond motifs is 1. The Morgan fingerprint density at radius 3 is 2.38 bits per heavy atom. The van der Waals surface area contributed by atoms with Crippen molar-refractivity contribution in [3.63, 3.8) is 0 Å². The molecule has 3 aromatic carbocycles. The zero-order valence-corrected chi connectivity index (χ0v) is 23.3. The van der Waals surface area contributed by atoms with Crippen LogP contribution < -0.4 is 14.8 Å². The molecule has 1 aromatic heterocycles. The molecule has 0 unspecified atom stereocenters. The molecule has 0 saturated carbocycles. The van der Waals surface area contributed by atoms with Crippen molar-refractivity contribution in [2.24, 2.45) is 0 Å². The molecule has 1 heterocycles. The molecule has 4 aromatic rings. The Morgan fingerprint density at radius 2 is 1.72 bits per heavy atom. The van der Waals surface area contributed by atoms with Crippen LogP contribution >= 0.6 is 0 Å². The molecule has 39 heavy (non-hydrogen) atoms. The zero-order valence-electron chi connectivity index (χ0n) is 23.3. The van der Waals surface area contributed by atoms with E-state index in [1.807, 2.05) is 76.2 Å². The second-order valence-electron chi connectivity index (χ2n) is 10.5. The fraction of sp³-hybridized carbons (Fsp3) is 0.333. The lowest BCUT2D eigenvalue weighted by Gasteiger charge is -2.34. The first-order chi connectivity index (χ1) is 18.6. The Hall–Kier alpha value is -4.40. The first-order valence-electron chi connectivity index (χ1n) is 12.8. The number of carbonyl (C=O) groups excluding carboxylic acids is 2. The molecule has 9 heteroatoms. The van der Waals surface area contributed by atoms with Crippen molar-refractivity contribution in [2.75, 3.05) is 14.2 Å². The van der Waals surface area contributed by atoms with Gasteiger partial charge in [0.05, 0.1) is 19.7 Å². The highest BCUT2D eigenvalue weighted by Gasteiger charge is 2.36. The monoisotopic (exact) mass is 529 g/mol. The van der Waals surface area contributed by atoms with Gasteiger partial charge in [-0.05, 0) is 63.6 Å². The summed E-state index contributed by atoms with van der Waals surface area (Å²) in [5.74, 6) is 0.380. The Morgan fingerprint density at radius 1 is 1.00 bits per heavy atom. The summed E-state index contributed by atoms with van der Waals surface area (Å²) in [4.78, 5) is 29.7. The number of aromatic nitrogens is 3. The van der Waals surface area contributed by atoms with Crippen LogP contribution in [0.15, 0.2) is 66.7 Å². The predicted octanol–water partition coefficient (Wildman–Crippen LogP) is 4.44. The Kier molecular flexibility index (Phi) is 8.18. The Balaban J connectivity index is 1.84. The average molecular weight is 530 g/mol. The molecular weight excluding hydrogens is 494 g/mol. The third-order valence-corrected chi connectivity index (χ3v) is 6.29. The summed E-state index contributed by atoms with van der Waals surface area (Å²) < 4.78 is 12.7. The summed E-state index contributed by atoms with van der Waals surface area (Å²) in [6.07, 6.45) is 0. The molecule has 2 amide bonds. The number of methoxy groups -OCH3 is 2. The van der Waals surface area contributed by atoms with Gasteiger partial charge in [0, 0.05) is 17.6 Å². The number of ether oxygens (including phenoxy) is 2. The fourth-order valence-corrected chi connectivity index (χ4v) is 4.41. The standard InChI is InChI=1S/C30H35N5O4/c1-20-11-13-21(14-12-20)18-34(27(36)19-35-25-10-8-7-9-24(25)32-33-35)28(29(37)31-30(2,3)4)23-17-22(38-5)15-16-26(23)39-6/h7-17,28H,18-19H2,1-6H3,(H,31,37)/t28-/m1/s1. The Labute approximate surface area is 228 Å². The molecule has 1 atom stereocenters. The van der Waals surface area contributed by atoms with E-state index in [0.717, 1.165) is 16.6 Å². The largest absolute Gasteiger partial charge is 0.497 e. The molecule has 0 saturated heterocycles. The summed E-state index contributed by atoms with van der Waals surface area (Å²) >= 11 is 0. The highest BCUT2D eigenvalue weighted by Crippen LogP contribution is 2.35. The van der Waals surface area contributed by atoms with Gasteiger partial charge in [0.2, 0.25) is 11.8 Å². The topological polar surface area (TPSA) is 98.6 Å². The summed E-state index contributed by atoms with van der Waals surface area (Å²) in [7, 11) is 3.10. The smallest absolute Gasteiger partial charge is 0.248 e. The molecule has 4 rings (SSSR count). The van der Waals surface area contributed by atoms with Gasteiger partial charge in [0.15, 0.2) is 0 Å². The van der Waals surface area contributed by atoms with Gasteiger partial charge in [-0.15, -0.1) is 5.10 Å². The van der Waals surface area contributed by atoms with Crippen molar-refractivity contribution < 1.29 is 19.1 Å². The van der Waals surface area contributed by atoms with E-state index in [4.69, 9.17) is 9.47 Å². The highest BCUT2D eigenvalue weighted by atomic mass is 16.5. The van der Waals surface area contributed by atoms with Gasteiger partial charge in [-0.2, -0.15) is 0 Å². The molecule has 204 valence electrons. The van der Waals surface area contributed by atoms with Crippen molar-refractivity contribution in [2.45, 2.75) is 52.4 Å². The average Bonchev–Trinajstić information content (AvgIpc) is 3.31. The van der Waals surface area contributed by atoms with Crippen LogP contribution in [0.3, 0.4) is 0 Å². The van der Waals surface area contributed by atoms with Crippen LogP contribution in [0.2, 0.25) is 0 Å². The van der Waals surface area contributed by atoms with Crippen molar-refractivity contribution in [1.29, 1.82) is 0 Å². The molecular formula is C30H35N5O4. The highest BCUT2D eigenvalue weighted by molar-refractivity contribution is 5.90. The van der Waals surface area contributed by atoms with Gasteiger partial charge in [-0.25, -0.2) is 4.68 Å². The number of nitrogens with one attached hydrogen (secondary N) is 1. The van der Waals surface area contributed by atoms with Crippen LogP contribution in [0.5, 0.6) is 11.5 Å². The predicted molar refractivity (Wildman–Crippen MR) is 149 cm³/mol. The molecule has 0 fully saturated rings. The van der Waals surface area contributed by atoms with E-state index in [-0.39, 0.29) is 24.9 Å². The lowest BCUT2D eigenvalue weighted by Crippen LogP contribution is -2.49. The van der Waals surface area contributed by atoms with Crippen LogP contribution in [-0.2, 0) is 22.7 Å². The van der Waals surface area contributed by atoms with Gasteiger partial charge in [-0.1, -0.05) is 47.2 Å². The number of nitrogens with zero attached hydrogens (tertiary/aromatic N) is 4. The van der Waals surface area contributed by atoms with E-state index in [1.165, 1.54) is 7.11 Å². The number of rotatable bonds is 9. The minimum Gasteiger partial charge on any atom is -0.497 e. The van der Waals surface area contributed by atoms with Crippen LogP contribution in [-0.4, -0.2) is 51.5 Å². The SMILES string of the molecule is COc1ccc(OC)c([C@H](C(=O)NC(C)(C)C)N(Cc2ccc(C)cc2)C(=O)Cn2nnc3ccccc32)c1. The van der Waals surface area contributed by atoms with Crippen molar-refractivity contribution >= 4 is 22.8 Å². The minimum atomic E-state index is -1.02. The molecule has 0 spiro atoms. The second kappa shape index (κ2) is 11.6. The molecule has 9 nitrogen and oxygen atoms in total. The van der Waals surface area contributed by atoms with E-state index in [9.17, 15) is 9.59 Å². The maximum absolute atomic E-state index is 14.1. The molecule has 1 N–H and O–H groups in total. The number of carbonyl (C=O) groups is 2. The minimum absolute atomic E-state index is 0.0992. The van der Waals surface area contributed by atoms with E-state index in [2.05, 4.69) is 15.6 Å². The summed E-state index contributed by atoms with van der Waals surface area (Å²) in [6, 6.07) is 19.6. The number of hydrogen-bond acceptors (Lipinski definition) is 6. The van der Waals surface area contributed by atoms with Gasteiger partial charge < -0.3 is 19.7 Å².